The predicted molar refractivity (Wildman–Crippen MR) is 123 cm³/mol. The van der Waals surface area contributed by atoms with Gasteiger partial charge < -0.3 is 5.32 Å². The highest BCUT2D eigenvalue weighted by Crippen LogP contribution is 2.23. The van der Waals surface area contributed by atoms with Crippen molar-refractivity contribution in [3.63, 3.8) is 0 Å². The molecule has 0 saturated heterocycles. The molecule has 0 spiro atoms. The SMILES string of the molecule is O=C(NCCc1nnc2ccccn12)c1cc(-c2ccc(Cl)cc2)nn1-c1ccccc1. The quantitative estimate of drug-likeness (QED) is 0.427. The maximum absolute atomic E-state index is 13.1. The van der Waals surface area contributed by atoms with Gasteiger partial charge in [-0.1, -0.05) is 48.0 Å². The van der Waals surface area contributed by atoms with Crippen molar-refractivity contribution in [2.75, 3.05) is 6.54 Å². The first kappa shape index (κ1) is 20.0. The lowest BCUT2D eigenvalue weighted by molar-refractivity contribution is 0.0946. The zero-order valence-corrected chi connectivity index (χ0v) is 17.8. The highest BCUT2D eigenvalue weighted by Gasteiger charge is 2.18. The molecule has 7 nitrogen and oxygen atoms in total. The molecule has 8 heteroatoms. The maximum atomic E-state index is 13.1. The number of hydrogen-bond donors (Lipinski definition) is 1. The number of benzene rings is 2. The van der Waals surface area contributed by atoms with Crippen molar-refractivity contribution < 1.29 is 4.79 Å². The van der Waals surface area contributed by atoms with Crippen LogP contribution < -0.4 is 5.32 Å². The van der Waals surface area contributed by atoms with E-state index in [0.29, 0.717) is 29.4 Å². The zero-order chi connectivity index (χ0) is 21.9. The van der Waals surface area contributed by atoms with Crippen LogP contribution in [-0.2, 0) is 6.42 Å². The Labute approximate surface area is 189 Å². The second kappa shape index (κ2) is 8.64. The molecule has 0 bridgehead atoms. The summed E-state index contributed by atoms with van der Waals surface area (Å²) in [6.45, 7) is 0.421. The molecule has 0 aliphatic rings. The van der Waals surface area contributed by atoms with Crippen LogP contribution >= 0.6 is 11.6 Å². The first-order valence-electron chi connectivity index (χ1n) is 10.2. The van der Waals surface area contributed by atoms with E-state index in [-0.39, 0.29) is 5.91 Å². The Balaban J connectivity index is 1.39. The van der Waals surface area contributed by atoms with Crippen molar-refractivity contribution in [2.24, 2.45) is 0 Å². The van der Waals surface area contributed by atoms with Crippen LogP contribution in [0.4, 0.5) is 0 Å². The minimum absolute atomic E-state index is 0.213. The lowest BCUT2D eigenvalue weighted by atomic mass is 10.1. The first-order valence-corrected chi connectivity index (χ1v) is 10.5. The van der Waals surface area contributed by atoms with Crippen LogP contribution in [-0.4, -0.2) is 36.8 Å². The van der Waals surface area contributed by atoms with Crippen LogP contribution in [0.2, 0.25) is 5.02 Å². The average Bonchev–Trinajstić information content (AvgIpc) is 3.45. The smallest absolute Gasteiger partial charge is 0.270 e. The van der Waals surface area contributed by atoms with Gasteiger partial charge in [0.05, 0.1) is 11.4 Å². The predicted octanol–water partition coefficient (Wildman–Crippen LogP) is 4.21. The number of carbonyl (C=O) groups is 1. The number of para-hydroxylation sites is 1. The van der Waals surface area contributed by atoms with Gasteiger partial charge in [-0.25, -0.2) is 4.68 Å². The summed E-state index contributed by atoms with van der Waals surface area (Å²) >= 11 is 6.02. The molecule has 5 rings (SSSR count). The summed E-state index contributed by atoms with van der Waals surface area (Å²) in [5, 5.41) is 16.7. The van der Waals surface area contributed by atoms with E-state index in [2.05, 4.69) is 20.6 Å². The second-order valence-electron chi connectivity index (χ2n) is 7.22. The van der Waals surface area contributed by atoms with E-state index in [4.69, 9.17) is 11.6 Å². The molecule has 0 radical (unpaired) electrons. The topological polar surface area (TPSA) is 77.1 Å². The fourth-order valence-electron chi connectivity index (χ4n) is 3.51. The Hall–Kier alpha value is -3.97. The van der Waals surface area contributed by atoms with Gasteiger partial charge in [0.2, 0.25) is 0 Å². The number of aromatic nitrogens is 5. The number of amides is 1. The molecule has 0 atom stereocenters. The van der Waals surface area contributed by atoms with Gasteiger partial charge in [0, 0.05) is 29.7 Å². The van der Waals surface area contributed by atoms with Crippen molar-refractivity contribution >= 4 is 23.2 Å². The number of nitrogens with one attached hydrogen (secondary N) is 1. The van der Waals surface area contributed by atoms with Crippen LogP contribution in [0.1, 0.15) is 16.3 Å². The van der Waals surface area contributed by atoms with Gasteiger partial charge in [0.1, 0.15) is 11.5 Å². The summed E-state index contributed by atoms with van der Waals surface area (Å²) in [6, 6.07) is 24.5. The summed E-state index contributed by atoms with van der Waals surface area (Å²) in [5.74, 6) is 0.578. The van der Waals surface area contributed by atoms with Gasteiger partial charge in [-0.3, -0.25) is 9.20 Å². The van der Waals surface area contributed by atoms with Gasteiger partial charge in [-0.05, 0) is 42.5 Å². The van der Waals surface area contributed by atoms with Gasteiger partial charge in [-0.2, -0.15) is 5.10 Å². The molecule has 0 fully saturated rings. The highest BCUT2D eigenvalue weighted by molar-refractivity contribution is 6.30. The number of nitrogens with zero attached hydrogens (tertiary/aromatic N) is 5. The van der Waals surface area contributed by atoms with E-state index in [1.165, 1.54) is 0 Å². The molecule has 2 aromatic carbocycles. The van der Waals surface area contributed by atoms with E-state index in [0.717, 1.165) is 22.7 Å². The van der Waals surface area contributed by atoms with Crippen molar-refractivity contribution in [3.05, 3.63) is 102 Å². The minimum Gasteiger partial charge on any atom is -0.350 e. The zero-order valence-electron chi connectivity index (χ0n) is 17.0. The normalized spacial score (nSPS) is 11.0. The molecule has 158 valence electrons. The Bertz CT molecular complexity index is 1370. The van der Waals surface area contributed by atoms with Gasteiger partial charge >= 0.3 is 0 Å². The standard InChI is InChI=1S/C24H19ClN6O/c25-18-11-9-17(10-12-18)20-16-21(31(29-20)19-6-2-1-3-7-19)24(32)26-14-13-23-28-27-22-8-4-5-15-30(22)23/h1-12,15-16H,13-14H2,(H,26,32). The van der Waals surface area contributed by atoms with Crippen LogP contribution in [0.15, 0.2) is 85.1 Å². The number of hydrogen-bond acceptors (Lipinski definition) is 4. The second-order valence-corrected chi connectivity index (χ2v) is 7.66. The molecule has 3 aromatic heterocycles. The van der Waals surface area contributed by atoms with E-state index in [1.807, 2.05) is 71.3 Å². The van der Waals surface area contributed by atoms with Gasteiger partial charge in [0.25, 0.3) is 5.91 Å². The first-order chi connectivity index (χ1) is 15.7. The van der Waals surface area contributed by atoms with Crippen LogP contribution in [0.5, 0.6) is 0 Å². The number of carbonyl (C=O) groups excluding carboxylic acids is 1. The van der Waals surface area contributed by atoms with Crippen LogP contribution in [0, 0.1) is 0 Å². The summed E-state index contributed by atoms with van der Waals surface area (Å²) in [6.07, 6.45) is 2.47. The monoisotopic (exact) mass is 442 g/mol. The fraction of sp³-hybridized carbons (Fsp3) is 0.0833. The Morgan fingerprint density at radius 2 is 1.72 bits per heavy atom. The molecule has 0 aliphatic heterocycles. The fourth-order valence-corrected chi connectivity index (χ4v) is 3.64. The average molecular weight is 443 g/mol. The molecular formula is C24H19ClN6O. The van der Waals surface area contributed by atoms with Crippen molar-refractivity contribution in [3.8, 4) is 16.9 Å². The number of rotatable bonds is 6. The largest absolute Gasteiger partial charge is 0.350 e. The highest BCUT2D eigenvalue weighted by atomic mass is 35.5. The summed E-state index contributed by atoms with van der Waals surface area (Å²) < 4.78 is 3.57. The molecule has 5 aromatic rings. The number of pyridine rings is 1. The lowest BCUT2D eigenvalue weighted by Gasteiger charge is -2.08. The molecule has 32 heavy (non-hydrogen) atoms. The Morgan fingerprint density at radius 3 is 2.53 bits per heavy atom. The van der Waals surface area contributed by atoms with Gasteiger partial charge in [0.15, 0.2) is 5.65 Å². The van der Waals surface area contributed by atoms with Crippen molar-refractivity contribution in [1.29, 1.82) is 0 Å². The van der Waals surface area contributed by atoms with Crippen molar-refractivity contribution in [2.45, 2.75) is 6.42 Å². The van der Waals surface area contributed by atoms with E-state index < -0.39 is 0 Å². The third-order valence-electron chi connectivity index (χ3n) is 5.10. The Morgan fingerprint density at radius 1 is 0.938 bits per heavy atom. The number of halogens is 1. The maximum Gasteiger partial charge on any atom is 0.270 e. The van der Waals surface area contributed by atoms with E-state index >= 15 is 0 Å². The minimum atomic E-state index is -0.213. The third kappa shape index (κ3) is 3.98. The number of fused-ring (bicyclic) bond motifs is 1. The van der Waals surface area contributed by atoms with Crippen molar-refractivity contribution in [1.82, 2.24) is 29.7 Å². The molecular weight excluding hydrogens is 424 g/mol. The lowest BCUT2D eigenvalue weighted by Crippen LogP contribution is -2.28. The third-order valence-corrected chi connectivity index (χ3v) is 5.35. The van der Waals surface area contributed by atoms with Gasteiger partial charge in [-0.15, -0.1) is 10.2 Å². The Kier molecular flexibility index (Phi) is 5.39. The van der Waals surface area contributed by atoms with E-state index in [1.54, 1.807) is 22.9 Å². The molecule has 0 unspecified atom stereocenters. The summed E-state index contributed by atoms with van der Waals surface area (Å²) in [7, 11) is 0. The molecule has 0 aliphatic carbocycles. The summed E-state index contributed by atoms with van der Waals surface area (Å²) in [5.41, 5.74) is 3.62. The molecule has 1 N–H and O–H groups in total. The summed E-state index contributed by atoms with van der Waals surface area (Å²) in [4.78, 5) is 13.1. The molecule has 0 saturated carbocycles. The molecule has 3 heterocycles. The van der Waals surface area contributed by atoms with E-state index in [9.17, 15) is 4.79 Å². The molecule has 1 amide bonds. The van der Waals surface area contributed by atoms with Crippen LogP contribution in [0.25, 0.3) is 22.6 Å². The van der Waals surface area contributed by atoms with Crippen LogP contribution in [0.3, 0.4) is 0 Å².